The van der Waals surface area contributed by atoms with Crippen LogP contribution in [0.5, 0.6) is 0 Å². The molecule has 1 amide bonds. The van der Waals surface area contributed by atoms with Gasteiger partial charge in [-0.05, 0) is 61.2 Å². The Morgan fingerprint density at radius 2 is 2.00 bits per heavy atom. The van der Waals surface area contributed by atoms with Crippen LogP contribution in [0.1, 0.15) is 18.1 Å². The smallest absolute Gasteiger partial charge is 0.239 e. The molecule has 28 heavy (non-hydrogen) atoms. The number of carbonyl (C=O) groups excluding carboxylic acids is 1. The van der Waals surface area contributed by atoms with Crippen LogP contribution in [0, 0.1) is 0 Å². The van der Waals surface area contributed by atoms with Gasteiger partial charge in [0.25, 0.3) is 0 Å². The molecule has 1 atom stereocenters. The average molecular weight is 442 g/mol. The first-order valence-corrected chi connectivity index (χ1v) is 11.1. The monoisotopic (exact) mass is 441 g/mol. The van der Waals surface area contributed by atoms with Crippen molar-refractivity contribution in [2.24, 2.45) is 5.14 Å². The highest BCUT2D eigenvalue weighted by atomic mass is 35.5. The first-order chi connectivity index (χ1) is 13.1. The number of nitrogens with one attached hydrogen (secondary N) is 1. The standard InChI is InChI=1S/C19H21Cl2N3O3S/c1-12-8-14-9-16(28(22,26)27)4-5-18(14)24(12)11-19(25)23-7-6-13-2-3-15(20)10-17(13)21/h2-5,9-10,12H,6-8,11H2,1H3,(H,23,25)(H2,22,26,27)/t12-/m1/s1. The quantitative estimate of drug-likeness (QED) is 0.720. The molecule has 3 rings (SSSR count). The van der Waals surface area contributed by atoms with E-state index in [-0.39, 0.29) is 23.4 Å². The highest BCUT2D eigenvalue weighted by Crippen LogP contribution is 2.33. The van der Waals surface area contributed by atoms with Crippen molar-refractivity contribution in [3.8, 4) is 0 Å². The van der Waals surface area contributed by atoms with E-state index in [4.69, 9.17) is 28.3 Å². The number of carbonyl (C=O) groups is 1. The minimum Gasteiger partial charge on any atom is -0.359 e. The van der Waals surface area contributed by atoms with Gasteiger partial charge in [0.2, 0.25) is 15.9 Å². The first kappa shape index (κ1) is 20.9. The molecule has 0 radical (unpaired) electrons. The average Bonchev–Trinajstić information content (AvgIpc) is 2.91. The molecule has 0 saturated carbocycles. The van der Waals surface area contributed by atoms with Crippen LogP contribution in [0.15, 0.2) is 41.3 Å². The zero-order valence-electron chi connectivity index (χ0n) is 15.3. The normalized spacial score (nSPS) is 16.1. The van der Waals surface area contributed by atoms with E-state index in [0.29, 0.717) is 29.4 Å². The summed E-state index contributed by atoms with van der Waals surface area (Å²) in [4.78, 5) is 14.4. The second-order valence-electron chi connectivity index (χ2n) is 6.85. The van der Waals surface area contributed by atoms with Gasteiger partial charge in [0.15, 0.2) is 0 Å². The molecule has 2 aromatic carbocycles. The van der Waals surface area contributed by atoms with Crippen LogP contribution >= 0.6 is 23.2 Å². The molecule has 1 heterocycles. The molecule has 9 heteroatoms. The Bertz CT molecular complexity index is 1010. The van der Waals surface area contributed by atoms with Crippen molar-refractivity contribution in [3.05, 3.63) is 57.6 Å². The predicted octanol–water partition coefficient (Wildman–Crippen LogP) is 2.75. The molecular formula is C19H21Cl2N3O3S. The van der Waals surface area contributed by atoms with Crippen LogP contribution < -0.4 is 15.4 Å². The SMILES string of the molecule is C[C@@H]1Cc2cc(S(N)(=O)=O)ccc2N1CC(=O)NCCc1ccc(Cl)cc1Cl. The zero-order chi connectivity index (χ0) is 20.5. The van der Waals surface area contributed by atoms with Crippen LogP contribution in [-0.2, 0) is 27.7 Å². The van der Waals surface area contributed by atoms with Crippen molar-refractivity contribution in [3.63, 3.8) is 0 Å². The molecule has 0 fully saturated rings. The number of anilines is 1. The van der Waals surface area contributed by atoms with Crippen molar-refractivity contribution in [1.82, 2.24) is 5.32 Å². The van der Waals surface area contributed by atoms with Gasteiger partial charge in [-0.2, -0.15) is 0 Å². The summed E-state index contributed by atoms with van der Waals surface area (Å²) in [5.74, 6) is -0.111. The maximum atomic E-state index is 12.4. The molecule has 0 saturated heterocycles. The minimum absolute atomic E-state index is 0.0854. The summed E-state index contributed by atoms with van der Waals surface area (Å²) >= 11 is 12.0. The Hall–Kier alpha value is -1.80. The highest BCUT2D eigenvalue weighted by molar-refractivity contribution is 7.89. The van der Waals surface area contributed by atoms with E-state index in [0.717, 1.165) is 16.8 Å². The number of hydrogen-bond donors (Lipinski definition) is 2. The number of nitrogens with zero attached hydrogens (tertiary/aromatic N) is 1. The third-order valence-corrected chi connectivity index (χ3v) is 6.28. The molecule has 1 aliphatic rings. The number of fused-ring (bicyclic) bond motifs is 1. The van der Waals surface area contributed by atoms with Crippen molar-refractivity contribution < 1.29 is 13.2 Å². The fourth-order valence-electron chi connectivity index (χ4n) is 3.36. The van der Waals surface area contributed by atoms with Crippen molar-refractivity contribution >= 4 is 44.8 Å². The molecular weight excluding hydrogens is 421 g/mol. The predicted molar refractivity (Wildman–Crippen MR) is 112 cm³/mol. The van der Waals surface area contributed by atoms with E-state index < -0.39 is 10.0 Å². The van der Waals surface area contributed by atoms with E-state index in [1.165, 1.54) is 6.07 Å². The Morgan fingerprint density at radius 3 is 2.68 bits per heavy atom. The fraction of sp³-hybridized carbons (Fsp3) is 0.316. The van der Waals surface area contributed by atoms with E-state index >= 15 is 0 Å². The molecule has 3 N–H and O–H groups in total. The number of primary sulfonamides is 1. The Labute approximate surface area is 174 Å². The number of halogens is 2. The second-order valence-corrected chi connectivity index (χ2v) is 9.26. The van der Waals surface area contributed by atoms with Gasteiger partial charge in [-0.25, -0.2) is 13.6 Å². The molecule has 2 aromatic rings. The third kappa shape index (κ3) is 4.78. The van der Waals surface area contributed by atoms with Crippen molar-refractivity contribution in [2.45, 2.75) is 30.7 Å². The molecule has 0 unspecified atom stereocenters. The number of nitrogens with two attached hydrogens (primary N) is 1. The van der Waals surface area contributed by atoms with Crippen molar-refractivity contribution in [1.29, 1.82) is 0 Å². The molecule has 1 aliphatic heterocycles. The summed E-state index contributed by atoms with van der Waals surface area (Å²) in [5.41, 5.74) is 2.65. The number of sulfonamides is 1. The summed E-state index contributed by atoms with van der Waals surface area (Å²) in [6.45, 7) is 2.65. The van der Waals surface area contributed by atoms with Crippen LogP contribution in [-0.4, -0.2) is 33.5 Å². The van der Waals surface area contributed by atoms with E-state index in [9.17, 15) is 13.2 Å². The van der Waals surface area contributed by atoms with Crippen molar-refractivity contribution in [2.75, 3.05) is 18.0 Å². The van der Waals surface area contributed by atoms with Gasteiger partial charge in [-0.3, -0.25) is 4.79 Å². The van der Waals surface area contributed by atoms with Gasteiger partial charge in [-0.15, -0.1) is 0 Å². The number of rotatable bonds is 6. The summed E-state index contributed by atoms with van der Waals surface area (Å²) in [5, 5.41) is 9.25. The van der Waals surface area contributed by atoms with Gasteiger partial charge in [0.1, 0.15) is 0 Å². The van der Waals surface area contributed by atoms with Gasteiger partial charge < -0.3 is 10.2 Å². The number of hydrogen-bond acceptors (Lipinski definition) is 4. The van der Waals surface area contributed by atoms with Crippen LogP contribution in [0.4, 0.5) is 5.69 Å². The Balaban J connectivity index is 1.60. The maximum absolute atomic E-state index is 12.4. The van der Waals surface area contributed by atoms with Crippen LogP contribution in [0.3, 0.4) is 0 Å². The first-order valence-electron chi connectivity index (χ1n) is 8.78. The lowest BCUT2D eigenvalue weighted by Crippen LogP contribution is -2.40. The molecule has 0 aromatic heterocycles. The number of amides is 1. The molecule has 6 nitrogen and oxygen atoms in total. The van der Waals surface area contributed by atoms with Gasteiger partial charge >= 0.3 is 0 Å². The topological polar surface area (TPSA) is 92.5 Å². The summed E-state index contributed by atoms with van der Waals surface area (Å²) in [7, 11) is -3.74. The molecule has 150 valence electrons. The van der Waals surface area contributed by atoms with E-state index in [2.05, 4.69) is 5.32 Å². The summed E-state index contributed by atoms with van der Waals surface area (Å²) in [6, 6.07) is 10.1. The van der Waals surface area contributed by atoms with Crippen LogP contribution in [0.2, 0.25) is 10.0 Å². The molecule has 0 aliphatic carbocycles. The summed E-state index contributed by atoms with van der Waals surface area (Å²) < 4.78 is 23.1. The van der Waals surface area contributed by atoms with Gasteiger partial charge in [0.05, 0.1) is 11.4 Å². The zero-order valence-corrected chi connectivity index (χ0v) is 17.6. The highest BCUT2D eigenvalue weighted by Gasteiger charge is 2.28. The lowest BCUT2D eigenvalue weighted by Gasteiger charge is -2.24. The lowest BCUT2D eigenvalue weighted by molar-refractivity contribution is -0.119. The Kier molecular flexibility index (Phi) is 6.19. The van der Waals surface area contributed by atoms with E-state index in [1.54, 1.807) is 24.3 Å². The fourth-order valence-corrected chi connectivity index (χ4v) is 4.43. The number of benzene rings is 2. The van der Waals surface area contributed by atoms with E-state index in [1.807, 2.05) is 17.9 Å². The Morgan fingerprint density at radius 1 is 1.25 bits per heavy atom. The largest absolute Gasteiger partial charge is 0.359 e. The molecule has 0 spiro atoms. The van der Waals surface area contributed by atoms with Crippen LogP contribution in [0.25, 0.3) is 0 Å². The van der Waals surface area contributed by atoms with Gasteiger partial charge in [-0.1, -0.05) is 29.3 Å². The second kappa shape index (κ2) is 8.29. The maximum Gasteiger partial charge on any atom is 0.239 e. The van der Waals surface area contributed by atoms with Gasteiger partial charge in [0, 0.05) is 28.3 Å². The third-order valence-electron chi connectivity index (χ3n) is 4.78. The lowest BCUT2D eigenvalue weighted by atomic mass is 10.1. The summed E-state index contributed by atoms with van der Waals surface area (Å²) in [6.07, 6.45) is 1.26. The molecule has 0 bridgehead atoms. The minimum atomic E-state index is -3.74.